The van der Waals surface area contributed by atoms with Gasteiger partial charge in [-0.3, -0.25) is 9.78 Å². The maximum atomic E-state index is 12.0. The van der Waals surface area contributed by atoms with Gasteiger partial charge in [-0.1, -0.05) is 18.2 Å². The molecule has 6 heteroatoms. The summed E-state index contributed by atoms with van der Waals surface area (Å²) in [6.07, 6.45) is 3.68. The van der Waals surface area contributed by atoms with Crippen LogP contribution in [0, 0.1) is 0 Å². The van der Waals surface area contributed by atoms with Crippen LogP contribution in [-0.2, 0) is 17.6 Å². The van der Waals surface area contributed by atoms with E-state index in [9.17, 15) is 4.79 Å². The lowest BCUT2D eigenvalue weighted by molar-refractivity contribution is -0.121. The lowest BCUT2D eigenvalue weighted by atomic mass is 10.1. The van der Waals surface area contributed by atoms with Gasteiger partial charge in [-0.25, -0.2) is 4.98 Å². The Morgan fingerprint density at radius 2 is 2.00 bits per heavy atom. The number of hydrogen-bond acceptors (Lipinski definition) is 5. The molecule has 0 saturated heterocycles. The van der Waals surface area contributed by atoms with Gasteiger partial charge in [0.15, 0.2) is 0 Å². The fourth-order valence-corrected chi connectivity index (χ4v) is 3.33. The summed E-state index contributed by atoms with van der Waals surface area (Å²) in [7, 11) is 1.64. The Hall–Kier alpha value is -2.73. The largest absolute Gasteiger partial charge is 0.497 e. The molecule has 0 aliphatic carbocycles. The number of nitrogens with zero attached hydrogens (tertiary/aromatic N) is 2. The molecule has 134 valence electrons. The topological polar surface area (TPSA) is 64.1 Å². The molecule has 0 unspecified atom stereocenters. The normalized spacial score (nSPS) is 10.5. The summed E-state index contributed by atoms with van der Waals surface area (Å²) in [6, 6.07) is 13.6. The van der Waals surface area contributed by atoms with Gasteiger partial charge in [0.05, 0.1) is 18.5 Å². The minimum absolute atomic E-state index is 0.0565. The van der Waals surface area contributed by atoms with E-state index in [1.165, 1.54) is 0 Å². The molecule has 3 aromatic rings. The zero-order valence-corrected chi connectivity index (χ0v) is 15.5. The Balaban J connectivity index is 1.40. The van der Waals surface area contributed by atoms with E-state index in [0.717, 1.165) is 40.6 Å². The lowest BCUT2D eigenvalue weighted by Gasteiger charge is -2.05. The van der Waals surface area contributed by atoms with Gasteiger partial charge in [-0.15, -0.1) is 11.3 Å². The van der Waals surface area contributed by atoms with Crippen LogP contribution in [0.2, 0.25) is 0 Å². The number of aromatic nitrogens is 2. The van der Waals surface area contributed by atoms with Gasteiger partial charge in [-0.2, -0.15) is 0 Å². The van der Waals surface area contributed by atoms with E-state index in [1.807, 2.05) is 47.8 Å². The summed E-state index contributed by atoms with van der Waals surface area (Å²) in [5, 5.41) is 5.89. The van der Waals surface area contributed by atoms with Crippen molar-refractivity contribution in [2.24, 2.45) is 0 Å². The van der Waals surface area contributed by atoms with Crippen LogP contribution in [0.15, 0.2) is 54.0 Å². The molecule has 0 aliphatic heterocycles. The van der Waals surface area contributed by atoms with Gasteiger partial charge in [0.25, 0.3) is 0 Å². The summed E-state index contributed by atoms with van der Waals surface area (Å²) in [5.74, 6) is 0.882. The summed E-state index contributed by atoms with van der Waals surface area (Å²) in [4.78, 5) is 20.9. The third kappa shape index (κ3) is 5.13. The highest BCUT2D eigenvalue weighted by Gasteiger charge is 2.07. The van der Waals surface area contributed by atoms with E-state index in [-0.39, 0.29) is 5.91 Å². The van der Waals surface area contributed by atoms with Crippen LogP contribution in [0.4, 0.5) is 0 Å². The van der Waals surface area contributed by atoms with Crippen LogP contribution >= 0.6 is 11.3 Å². The standard InChI is InChI=1S/C20H21N3O2S/c1-25-17-8-5-15(6-9-17)7-10-19(24)22-13-11-16-14-26-20(23-16)18-4-2-3-12-21-18/h2-6,8-9,12,14H,7,10-11,13H2,1H3,(H,22,24). The van der Waals surface area contributed by atoms with Gasteiger partial charge in [0, 0.05) is 31.0 Å². The fourth-order valence-electron chi connectivity index (χ4n) is 2.50. The maximum absolute atomic E-state index is 12.0. The van der Waals surface area contributed by atoms with Crippen LogP contribution in [0.25, 0.3) is 10.7 Å². The van der Waals surface area contributed by atoms with E-state index in [2.05, 4.69) is 15.3 Å². The average Bonchev–Trinajstić information content (AvgIpc) is 3.16. The number of carbonyl (C=O) groups is 1. The van der Waals surface area contributed by atoms with Crippen molar-refractivity contribution in [3.63, 3.8) is 0 Å². The van der Waals surface area contributed by atoms with Crippen LogP contribution in [0.5, 0.6) is 5.75 Å². The van der Waals surface area contributed by atoms with E-state index in [1.54, 1.807) is 24.6 Å². The Kier molecular flexibility index (Phi) is 6.33. The molecule has 2 heterocycles. The van der Waals surface area contributed by atoms with Crippen LogP contribution in [-0.4, -0.2) is 29.5 Å². The van der Waals surface area contributed by atoms with Gasteiger partial charge in [0.1, 0.15) is 10.8 Å². The van der Waals surface area contributed by atoms with Crippen LogP contribution < -0.4 is 10.1 Å². The Labute approximate surface area is 157 Å². The van der Waals surface area contributed by atoms with Crippen molar-refractivity contribution in [2.45, 2.75) is 19.3 Å². The zero-order chi connectivity index (χ0) is 18.2. The van der Waals surface area contributed by atoms with Crippen LogP contribution in [0.3, 0.4) is 0 Å². The summed E-state index contributed by atoms with van der Waals surface area (Å²) in [6.45, 7) is 0.590. The van der Waals surface area contributed by atoms with Crippen LogP contribution in [0.1, 0.15) is 17.7 Å². The molecule has 0 bridgehead atoms. The molecule has 0 radical (unpaired) electrons. The van der Waals surface area contributed by atoms with Gasteiger partial charge >= 0.3 is 0 Å². The molecule has 0 fully saturated rings. The third-order valence-corrected chi connectivity index (χ3v) is 4.85. The minimum atomic E-state index is 0.0565. The first-order chi connectivity index (χ1) is 12.7. The quantitative estimate of drug-likeness (QED) is 0.662. The number of thiazole rings is 1. The SMILES string of the molecule is COc1ccc(CCC(=O)NCCc2csc(-c3ccccn3)n2)cc1. The van der Waals surface area contributed by atoms with Crippen molar-refractivity contribution in [1.29, 1.82) is 0 Å². The Bertz CT molecular complexity index is 832. The molecule has 0 saturated carbocycles. The lowest BCUT2D eigenvalue weighted by Crippen LogP contribution is -2.25. The minimum Gasteiger partial charge on any atom is -0.497 e. The second kappa shape index (κ2) is 9.10. The number of pyridine rings is 1. The molecule has 2 aromatic heterocycles. The van der Waals surface area contributed by atoms with E-state index < -0.39 is 0 Å². The number of nitrogens with one attached hydrogen (secondary N) is 1. The highest BCUT2D eigenvalue weighted by Crippen LogP contribution is 2.21. The third-order valence-electron chi connectivity index (χ3n) is 3.94. The average molecular weight is 367 g/mol. The number of rotatable bonds is 8. The summed E-state index contributed by atoms with van der Waals surface area (Å²) < 4.78 is 5.13. The van der Waals surface area contributed by atoms with Crippen molar-refractivity contribution < 1.29 is 9.53 Å². The first-order valence-corrected chi connectivity index (χ1v) is 9.38. The van der Waals surface area contributed by atoms with E-state index in [0.29, 0.717) is 13.0 Å². The predicted molar refractivity (Wildman–Crippen MR) is 103 cm³/mol. The molecular formula is C20H21N3O2S. The van der Waals surface area contributed by atoms with E-state index >= 15 is 0 Å². The number of hydrogen-bond donors (Lipinski definition) is 1. The molecule has 0 aliphatic rings. The number of benzene rings is 1. The number of carbonyl (C=O) groups excluding carboxylic acids is 1. The number of aryl methyl sites for hydroxylation is 1. The van der Waals surface area contributed by atoms with E-state index in [4.69, 9.17) is 4.74 Å². The molecule has 26 heavy (non-hydrogen) atoms. The maximum Gasteiger partial charge on any atom is 0.220 e. The van der Waals surface area contributed by atoms with Gasteiger partial charge < -0.3 is 10.1 Å². The molecule has 3 rings (SSSR count). The van der Waals surface area contributed by atoms with Crippen molar-refractivity contribution >= 4 is 17.2 Å². The second-order valence-corrected chi connectivity index (χ2v) is 6.67. The molecule has 1 N–H and O–H groups in total. The molecular weight excluding hydrogens is 346 g/mol. The van der Waals surface area contributed by atoms with Gasteiger partial charge in [-0.05, 0) is 36.2 Å². The first kappa shape index (κ1) is 18.1. The Morgan fingerprint density at radius 1 is 1.15 bits per heavy atom. The number of amides is 1. The molecule has 1 amide bonds. The van der Waals surface area contributed by atoms with Crippen molar-refractivity contribution in [2.75, 3.05) is 13.7 Å². The Morgan fingerprint density at radius 3 is 2.73 bits per heavy atom. The number of ether oxygens (including phenoxy) is 1. The summed E-state index contributed by atoms with van der Waals surface area (Å²) in [5.41, 5.74) is 2.99. The number of methoxy groups -OCH3 is 1. The smallest absolute Gasteiger partial charge is 0.220 e. The molecule has 5 nitrogen and oxygen atoms in total. The first-order valence-electron chi connectivity index (χ1n) is 8.50. The second-order valence-electron chi connectivity index (χ2n) is 5.81. The highest BCUT2D eigenvalue weighted by molar-refractivity contribution is 7.13. The summed E-state index contributed by atoms with van der Waals surface area (Å²) >= 11 is 1.58. The van der Waals surface area contributed by atoms with Crippen molar-refractivity contribution in [1.82, 2.24) is 15.3 Å². The van der Waals surface area contributed by atoms with Crippen molar-refractivity contribution in [3.8, 4) is 16.5 Å². The van der Waals surface area contributed by atoms with Gasteiger partial charge in [0.2, 0.25) is 5.91 Å². The molecule has 0 atom stereocenters. The zero-order valence-electron chi connectivity index (χ0n) is 14.6. The predicted octanol–water partition coefficient (Wildman–Crippen LogP) is 3.51. The fraction of sp³-hybridized carbons (Fsp3) is 0.250. The molecule has 1 aromatic carbocycles. The monoisotopic (exact) mass is 367 g/mol. The molecule has 0 spiro atoms. The highest BCUT2D eigenvalue weighted by atomic mass is 32.1. The van der Waals surface area contributed by atoms with Crippen molar-refractivity contribution in [3.05, 3.63) is 65.3 Å².